The summed E-state index contributed by atoms with van der Waals surface area (Å²) in [5.41, 5.74) is 3.95. The number of oxime groups is 1. The second-order valence-corrected chi connectivity index (χ2v) is 9.26. The number of anilines is 1. The van der Waals surface area contributed by atoms with Gasteiger partial charge in [0.15, 0.2) is 0 Å². The van der Waals surface area contributed by atoms with Crippen LogP contribution in [0.1, 0.15) is 54.5 Å². The Balaban J connectivity index is 1.58. The van der Waals surface area contributed by atoms with Gasteiger partial charge in [0.1, 0.15) is 11.6 Å². The number of rotatable bonds is 8. The first kappa shape index (κ1) is 26.3. The van der Waals surface area contributed by atoms with Crippen LogP contribution in [-0.4, -0.2) is 41.6 Å². The molecule has 0 bridgehead atoms. The molecule has 1 saturated heterocycles. The lowest BCUT2D eigenvalue weighted by atomic mass is 9.85. The Hall–Kier alpha value is -3.81. The first-order chi connectivity index (χ1) is 17.9. The largest absolute Gasteiger partial charge is 0.466 e. The fraction of sp³-hybridized carbons (Fsp3) is 0.345. The third kappa shape index (κ3) is 6.31. The number of carbonyl (C=O) groups is 1. The highest BCUT2D eigenvalue weighted by Crippen LogP contribution is 2.34. The highest BCUT2D eigenvalue weighted by atomic mass is 19.1. The molecule has 1 aromatic heterocycles. The molecular weight excluding hydrogens is 476 g/mol. The zero-order valence-corrected chi connectivity index (χ0v) is 21.0. The van der Waals surface area contributed by atoms with E-state index in [1.807, 2.05) is 38.1 Å². The predicted molar refractivity (Wildman–Crippen MR) is 138 cm³/mol. The van der Waals surface area contributed by atoms with Crippen molar-refractivity contribution in [2.75, 3.05) is 24.6 Å². The summed E-state index contributed by atoms with van der Waals surface area (Å²) in [4.78, 5) is 18.5. The van der Waals surface area contributed by atoms with Crippen LogP contribution in [0.5, 0.6) is 0 Å². The van der Waals surface area contributed by atoms with E-state index in [0.717, 1.165) is 48.9 Å². The highest BCUT2D eigenvalue weighted by Gasteiger charge is 2.27. The number of pyridine rings is 1. The van der Waals surface area contributed by atoms with Gasteiger partial charge in [-0.3, -0.25) is 9.78 Å². The maximum atomic E-state index is 14.9. The number of piperidine rings is 1. The molecule has 6 nitrogen and oxygen atoms in total. The predicted octanol–water partition coefficient (Wildman–Crippen LogP) is 5.85. The summed E-state index contributed by atoms with van der Waals surface area (Å²) in [5.74, 6) is -2.02. The van der Waals surface area contributed by atoms with Gasteiger partial charge in [0.05, 0.1) is 18.2 Å². The zero-order chi connectivity index (χ0) is 26.4. The van der Waals surface area contributed by atoms with E-state index >= 15 is 0 Å². The second-order valence-electron chi connectivity index (χ2n) is 9.26. The molecule has 1 N–H and O–H groups in total. The minimum Gasteiger partial charge on any atom is -0.466 e. The van der Waals surface area contributed by atoms with Gasteiger partial charge in [-0.15, -0.1) is 0 Å². The summed E-state index contributed by atoms with van der Waals surface area (Å²) in [6, 6.07) is 14.9. The molecule has 37 heavy (non-hydrogen) atoms. The Labute approximate surface area is 215 Å². The van der Waals surface area contributed by atoms with Crippen molar-refractivity contribution in [1.82, 2.24) is 4.98 Å². The van der Waals surface area contributed by atoms with E-state index in [-0.39, 0.29) is 18.3 Å². The minimum atomic E-state index is -0.654. The SMILES string of the molecule is CCOC(=O)C1CCN(c2ccc(C(C/C(=N\O)c3ccnc(C)c3)c3ccc(F)cc3F)cc2)CC1. The van der Waals surface area contributed by atoms with Crippen LogP contribution in [0.15, 0.2) is 65.9 Å². The number of hydrogen-bond acceptors (Lipinski definition) is 6. The number of aryl methyl sites for hydroxylation is 1. The molecule has 0 radical (unpaired) electrons. The summed E-state index contributed by atoms with van der Waals surface area (Å²) in [7, 11) is 0. The zero-order valence-electron chi connectivity index (χ0n) is 21.0. The molecule has 2 aromatic carbocycles. The maximum Gasteiger partial charge on any atom is 0.309 e. The van der Waals surface area contributed by atoms with Crippen molar-refractivity contribution >= 4 is 17.4 Å². The van der Waals surface area contributed by atoms with E-state index < -0.39 is 17.6 Å². The molecule has 0 spiro atoms. The fourth-order valence-corrected chi connectivity index (χ4v) is 4.88. The summed E-state index contributed by atoms with van der Waals surface area (Å²) in [6.45, 7) is 5.51. The van der Waals surface area contributed by atoms with Gasteiger partial charge in [-0.2, -0.15) is 0 Å². The Kier molecular flexibility index (Phi) is 8.48. The summed E-state index contributed by atoms with van der Waals surface area (Å²) >= 11 is 0. The summed E-state index contributed by atoms with van der Waals surface area (Å²) in [6.07, 6.45) is 3.29. The molecule has 1 aliphatic heterocycles. The van der Waals surface area contributed by atoms with Gasteiger partial charge in [0.2, 0.25) is 0 Å². The van der Waals surface area contributed by atoms with Crippen molar-refractivity contribution in [3.63, 3.8) is 0 Å². The molecule has 0 amide bonds. The van der Waals surface area contributed by atoms with Gasteiger partial charge in [-0.25, -0.2) is 8.78 Å². The van der Waals surface area contributed by atoms with Crippen molar-refractivity contribution < 1.29 is 23.5 Å². The van der Waals surface area contributed by atoms with Gasteiger partial charge >= 0.3 is 5.97 Å². The van der Waals surface area contributed by atoms with E-state index in [9.17, 15) is 18.8 Å². The lowest BCUT2D eigenvalue weighted by Crippen LogP contribution is -2.36. The average Bonchev–Trinajstić information content (AvgIpc) is 2.90. The maximum absolute atomic E-state index is 14.9. The summed E-state index contributed by atoms with van der Waals surface area (Å²) < 4.78 is 33.8. The molecule has 1 unspecified atom stereocenters. The number of aromatic nitrogens is 1. The van der Waals surface area contributed by atoms with Crippen LogP contribution in [0.2, 0.25) is 0 Å². The first-order valence-corrected chi connectivity index (χ1v) is 12.5. The van der Waals surface area contributed by atoms with E-state index in [1.165, 1.54) is 12.1 Å². The Morgan fingerprint density at radius 3 is 2.49 bits per heavy atom. The number of esters is 1. The third-order valence-electron chi connectivity index (χ3n) is 6.86. The van der Waals surface area contributed by atoms with Crippen LogP contribution in [0.4, 0.5) is 14.5 Å². The average molecular weight is 508 g/mol. The van der Waals surface area contributed by atoms with Crippen LogP contribution in [0, 0.1) is 24.5 Å². The summed E-state index contributed by atoms with van der Waals surface area (Å²) in [5, 5.41) is 13.3. The number of hydrogen-bond donors (Lipinski definition) is 1. The molecule has 1 aliphatic rings. The molecule has 8 heteroatoms. The fourth-order valence-electron chi connectivity index (χ4n) is 4.88. The van der Waals surface area contributed by atoms with Crippen LogP contribution >= 0.6 is 0 Å². The lowest BCUT2D eigenvalue weighted by Gasteiger charge is -2.32. The normalized spacial score (nSPS) is 15.5. The van der Waals surface area contributed by atoms with Crippen LogP contribution in [0.25, 0.3) is 0 Å². The van der Waals surface area contributed by atoms with Crippen molar-refractivity contribution in [1.29, 1.82) is 0 Å². The van der Waals surface area contributed by atoms with Gasteiger partial charge in [-0.1, -0.05) is 23.4 Å². The van der Waals surface area contributed by atoms with Crippen LogP contribution in [-0.2, 0) is 9.53 Å². The smallest absolute Gasteiger partial charge is 0.309 e. The highest BCUT2D eigenvalue weighted by molar-refractivity contribution is 6.00. The van der Waals surface area contributed by atoms with Crippen molar-refractivity contribution in [3.05, 3.63) is 94.8 Å². The Bertz CT molecular complexity index is 1260. The second kappa shape index (κ2) is 12.0. The van der Waals surface area contributed by atoms with Gasteiger partial charge in [0, 0.05) is 54.6 Å². The molecular formula is C29H31F2N3O3. The van der Waals surface area contributed by atoms with Gasteiger partial charge < -0.3 is 14.8 Å². The molecule has 194 valence electrons. The number of nitrogens with zero attached hydrogens (tertiary/aromatic N) is 3. The molecule has 1 fully saturated rings. The molecule has 2 heterocycles. The van der Waals surface area contributed by atoms with E-state index in [2.05, 4.69) is 15.0 Å². The number of halogens is 2. The number of benzene rings is 2. The first-order valence-electron chi connectivity index (χ1n) is 12.5. The Morgan fingerprint density at radius 1 is 1.14 bits per heavy atom. The van der Waals surface area contributed by atoms with Gasteiger partial charge in [0.25, 0.3) is 0 Å². The quantitative estimate of drug-likeness (QED) is 0.179. The number of ether oxygens (including phenoxy) is 1. The Morgan fingerprint density at radius 2 is 1.86 bits per heavy atom. The minimum absolute atomic E-state index is 0.0747. The number of carbonyl (C=O) groups excluding carboxylic acids is 1. The van der Waals surface area contributed by atoms with E-state index in [0.29, 0.717) is 23.4 Å². The molecule has 0 saturated carbocycles. The molecule has 3 aromatic rings. The van der Waals surface area contributed by atoms with Crippen LogP contribution in [0.3, 0.4) is 0 Å². The lowest BCUT2D eigenvalue weighted by molar-refractivity contribution is -0.148. The monoisotopic (exact) mass is 507 g/mol. The van der Waals surface area contributed by atoms with Crippen molar-refractivity contribution in [2.24, 2.45) is 11.1 Å². The van der Waals surface area contributed by atoms with Crippen molar-refractivity contribution in [2.45, 2.75) is 39.0 Å². The topological polar surface area (TPSA) is 75.0 Å². The van der Waals surface area contributed by atoms with E-state index in [4.69, 9.17) is 4.74 Å². The van der Waals surface area contributed by atoms with Gasteiger partial charge in [-0.05, 0) is 68.1 Å². The standard InChI is InChI=1S/C29H31F2N3O3/c1-3-37-29(35)21-11-14-34(15-12-21)24-7-4-20(5-8-24)26(25-9-6-23(30)17-27(25)31)18-28(33-36)22-10-13-32-19(2)16-22/h4-10,13,16-17,21,26,36H,3,11-12,14-15,18H2,1-2H3/b33-28+. The van der Waals surface area contributed by atoms with Crippen LogP contribution < -0.4 is 4.90 Å². The molecule has 0 aliphatic carbocycles. The van der Waals surface area contributed by atoms with E-state index in [1.54, 1.807) is 18.3 Å². The third-order valence-corrected chi connectivity index (χ3v) is 6.86. The van der Waals surface area contributed by atoms with Crippen molar-refractivity contribution in [3.8, 4) is 0 Å². The molecule has 1 atom stereocenters. The molecule has 4 rings (SSSR count).